The van der Waals surface area contributed by atoms with Crippen molar-refractivity contribution in [1.82, 2.24) is 10.5 Å². The molecular weight excluding hydrogens is 498 g/mol. The van der Waals surface area contributed by atoms with Gasteiger partial charge in [-0.1, -0.05) is 74.2 Å². The minimum Gasteiger partial charge on any atom is -0.359 e. The smallest absolute Gasteiger partial charge is 0.263 e. The number of carbonyl (C=O) groups excluding carboxylic acids is 1. The molecule has 0 saturated heterocycles. The summed E-state index contributed by atoms with van der Waals surface area (Å²) >= 11 is 0. The fourth-order valence-corrected chi connectivity index (χ4v) is 6.00. The largest absolute Gasteiger partial charge is 0.359 e. The van der Waals surface area contributed by atoms with Gasteiger partial charge in [0.05, 0.1) is 11.4 Å². The number of unbranched alkanes of at least 4 members (excludes halogenated alkanes) is 3. The van der Waals surface area contributed by atoms with E-state index in [4.69, 9.17) is 4.52 Å². The first kappa shape index (κ1) is 29.3. The molecule has 3 rings (SSSR count). The lowest BCUT2D eigenvalue weighted by atomic mass is 9.85. The van der Waals surface area contributed by atoms with Gasteiger partial charge in [-0.3, -0.25) is 4.72 Å². The SMILES string of the molecule is C=CC(CCCCCC)c1ccc(-c2ccccc2S(=O)(=O)Nc2noc(C)c2C)c(CNCC=O)c1C. The molecule has 204 valence electrons. The van der Waals surface area contributed by atoms with E-state index in [1.54, 1.807) is 26.0 Å². The summed E-state index contributed by atoms with van der Waals surface area (Å²) < 4.78 is 34.8. The molecule has 1 heterocycles. The normalized spacial score (nSPS) is 12.3. The van der Waals surface area contributed by atoms with Crippen molar-refractivity contribution in [1.29, 1.82) is 0 Å². The Bertz CT molecular complexity index is 1360. The molecule has 0 aliphatic heterocycles. The highest BCUT2D eigenvalue weighted by atomic mass is 32.2. The quantitative estimate of drug-likeness (QED) is 0.129. The Labute approximate surface area is 226 Å². The molecule has 0 aliphatic carbocycles. The molecule has 1 atom stereocenters. The third-order valence-corrected chi connectivity index (χ3v) is 8.47. The maximum Gasteiger partial charge on any atom is 0.263 e. The summed E-state index contributed by atoms with van der Waals surface area (Å²) in [5.74, 6) is 0.926. The Balaban J connectivity index is 2.08. The highest BCUT2D eigenvalue weighted by Gasteiger charge is 2.25. The average Bonchev–Trinajstić information content (AvgIpc) is 3.22. The number of rotatable bonds is 15. The standard InChI is InChI=1S/C30H39N3O4S/c1-6-8-9-10-13-24(7-2)25-16-17-26(28(22(25)4)20-31-18-19-34)27-14-11-12-15-29(27)38(35,36)33-30-21(3)23(5)37-32-30/h7,11-12,14-17,19,24,31H,2,6,8-10,13,18,20H2,1,3-5H3,(H,32,33). The summed E-state index contributed by atoms with van der Waals surface area (Å²) in [6.45, 7) is 12.5. The van der Waals surface area contributed by atoms with Crippen LogP contribution in [0.1, 0.15) is 73.0 Å². The van der Waals surface area contributed by atoms with Crippen molar-refractivity contribution in [2.24, 2.45) is 0 Å². The van der Waals surface area contributed by atoms with E-state index in [0.29, 0.717) is 23.4 Å². The van der Waals surface area contributed by atoms with Crippen LogP contribution in [-0.2, 0) is 21.4 Å². The van der Waals surface area contributed by atoms with E-state index < -0.39 is 10.0 Å². The number of hydrogen-bond donors (Lipinski definition) is 2. The fraction of sp³-hybridized carbons (Fsp3) is 0.400. The first-order valence-corrected chi connectivity index (χ1v) is 14.7. The molecule has 0 saturated carbocycles. The van der Waals surface area contributed by atoms with E-state index in [1.165, 1.54) is 24.8 Å². The number of nitrogens with zero attached hydrogens (tertiary/aromatic N) is 1. The number of anilines is 1. The molecular formula is C30H39N3O4S. The van der Waals surface area contributed by atoms with Crippen LogP contribution in [0.3, 0.4) is 0 Å². The molecule has 0 spiro atoms. The lowest BCUT2D eigenvalue weighted by molar-refractivity contribution is -0.107. The molecule has 0 fully saturated rings. The van der Waals surface area contributed by atoms with Crippen molar-refractivity contribution in [3.8, 4) is 11.1 Å². The van der Waals surface area contributed by atoms with E-state index in [2.05, 4.69) is 41.7 Å². The van der Waals surface area contributed by atoms with E-state index in [1.807, 2.05) is 24.3 Å². The Morgan fingerprint density at radius 3 is 2.45 bits per heavy atom. The molecule has 0 amide bonds. The van der Waals surface area contributed by atoms with E-state index in [-0.39, 0.29) is 23.2 Å². The van der Waals surface area contributed by atoms with Crippen molar-refractivity contribution in [2.45, 2.75) is 77.2 Å². The predicted molar refractivity (Wildman–Crippen MR) is 153 cm³/mol. The van der Waals surface area contributed by atoms with Crippen molar-refractivity contribution >= 4 is 22.1 Å². The van der Waals surface area contributed by atoms with Gasteiger partial charge in [-0.2, -0.15) is 0 Å². The summed E-state index contributed by atoms with van der Waals surface area (Å²) in [4.78, 5) is 11.2. The number of carbonyl (C=O) groups is 1. The van der Waals surface area contributed by atoms with E-state index in [9.17, 15) is 13.2 Å². The molecule has 0 aliphatic rings. The van der Waals surface area contributed by atoms with Crippen LogP contribution in [-0.4, -0.2) is 26.4 Å². The Morgan fingerprint density at radius 2 is 1.79 bits per heavy atom. The number of allylic oxidation sites excluding steroid dienone is 1. The van der Waals surface area contributed by atoms with Gasteiger partial charge in [-0.15, -0.1) is 6.58 Å². The van der Waals surface area contributed by atoms with Gasteiger partial charge in [0.25, 0.3) is 10.0 Å². The lowest BCUT2D eigenvalue weighted by Crippen LogP contribution is -2.19. The van der Waals surface area contributed by atoms with Crippen molar-refractivity contribution in [2.75, 3.05) is 11.3 Å². The zero-order valence-electron chi connectivity index (χ0n) is 22.8. The van der Waals surface area contributed by atoms with Gasteiger partial charge in [0.1, 0.15) is 12.0 Å². The topological polar surface area (TPSA) is 101 Å². The summed E-state index contributed by atoms with van der Waals surface area (Å²) in [6.07, 6.45) is 8.55. The molecule has 3 aromatic rings. The van der Waals surface area contributed by atoms with Crippen LogP contribution in [0.5, 0.6) is 0 Å². The summed E-state index contributed by atoms with van der Waals surface area (Å²) in [6, 6.07) is 11.0. The second kappa shape index (κ2) is 13.5. The Hall–Kier alpha value is -3.23. The second-order valence-electron chi connectivity index (χ2n) is 9.61. The number of sulfonamides is 1. The number of aromatic nitrogens is 1. The summed E-state index contributed by atoms with van der Waals surface area (Å²) in [5.41, 5.74) is 5.22. The summed E-state index contributed by atoms with van der Waals surface area (Å²) in [5, 5.41) is 7.04. The number of nitrogens with one attached hydrogen (secondary N) is 2. The zero-order chi connectivity index (χ0) is 27.7. The molecule has 0 bridgehead atoms. The van der Waals surface area contributed by atoms with Gasteiger partial charge < -0.3 is 14.6 Å². The van der Waals surface area contributed by atoms with Crippen LogP contribution in [0.25, 0.3) is 11.1 Å². The molecule has 0 radical (unpaired) electrons. The van der Waals surface area contributed by atoms with Crippen LogP contribution >= 0.6 is 0 Å². The van der Waals surface area contributed by atoms with E-state index in [0.717, 1.165) is 35.8 Å². The third kappa shape index (κ3) is 6.79. The molecule has 38 heavy (non-hydrogen) atoms. The van der Waals surface area contributed by atoms with Crippen LogP contribution in [0.4, 0.5) is 5.82 Å². The molecule has 2 N–H and O–H groups in total. The maximum atomic E-state index is 13.5. The van der Waals surface area contributed by atoms with Gasteiger partial charge >= 0.3 is 0 Å². The first-order chi connectivity index (χ1) is 18.2. The molecule has 1 aromatic heterocycles. The summed E-state index contributed by atoms with van der Waals surface area (Å²) in [7, 11) is -3.97. The number of benzene rings is 2. The van der Waals surface area contributed by atoms with Crippen LogP contribution in [0.2, 0.25) is 0 Å². The number of hydrogen-bond acceptors (Lipinski definition) is 6. The van der Waals surface area contributed by atoms with Crippen molar-refractivity contribution < 1.29 is 17.7 Å². The van der Waals surface area contributed by atoms with Crippen LogP contribution in [0.15, 0.2) is 58.5 Å². The van der Waals surface area contributed by atoms with Crippen LogP contribution < -0.4 is 10.0 Å². The average molecular weight is 538 g/mol. The highest BCUT2D eigenvalue weighted by molar-refractivity contribution is 7.92. The third-order valence-electron chi connectivity index (χ3n) is 7.08. The van der Waals surface area contributed by atoms with Crippen molar-refractivity contribution in [3.05, 3.63) is 77.1 Å². The minimum atomic E-state index is -3.97. The fourth-order valence-electron chi connectivity index (χ4n) is 4.72. The van der Waals surface area contributed by atoms with Crippen LogP contribution in [0, 0.1) is 20.8 Å². The molecule has 7 nitrogen and oxygen atoms in total. The Kier molecular flexibility index (Phi) is 10.4. The number of aldehydes is 1. The van der Waals surface area contributed by atoms with Gasteiger partial charge in [0, 0.05) is 23.6 Å². The Morgan fingerprint density at radius 1 is 1.03 bits per heavy atom. The zero-order valence-corrected chi connectivity index (χ0v) is 23.7. The molecule has 2 aromatic carbocycles. The lowest BCUT2D eigenvalue weighted by Gasteiger charge is -2.22. The van der Waals surface area contributed by atoms with E-state index >= 15 is 0 Å². The second-order valence-corrected chi connectivity index (χ2v) is 11.3. The minimum absolute atomic E-state index is 0.142. The first-order valence-electron chi connectivity index (χ1n) is 13.2. The number of aryl methyl sites for hydroxylation is 1. The maximum absolute atomic E-state index is 13.5. The monoisotopic (exact) mass is 537 g/mol. The highest BCUT2D eigenvalue weighted by Crippen LogP contribution is 2.37. The van der Waals surface area contributed by atoms with Crippen molar-refractivity contribution in [3.63, 3.8) is 0 Å². The predicted octanol–water partition coefficient (Wildman–Crippen LogP) is 6.60. The van der Waals surface area contributed by atoms with Gasteiger partial charge in [0.15, 0.2) is 5.82 Å². The molecule has 1 unspecified atom stereocenters. The van der Waals surface area contributed by atoms with Gasteiger partial charge in [0.2, 0.25) is 0 Å². The molecule has 8 heteroatoms. The van der Waals surface area contributed by atoms with Gasteiger partial charge in [-0.25, -0.2) is 8.42 Å². The van der Waals surface area contributed by atoms with Gasteiger partial charge in [-0.05, 0) is 55.5 Å².